The van der Waals surface area contributed by atoms with Gasteiger partial charge in [0, 0.05) is 19.5 Å². The highest BCUT2D eigenvalue weighted by atomic mass is 28.4. The third-order valence-corrected chi connectivity index (χ3v) is 9.60. The number of methoxy groups -OCH3 is 1. The average Bonchev–Trinajstić information content (AvgIpc) is 2.80. The molecule has 2 amide bonds. The number of rotatable bonds is 6. The maximum Gasteiger partial charge on any atom is 0.407 e. The number of carbonyl (C=O) groups excluding carboxylic acids is 3. The number of amides is 2. The Morgan fingerprint density at radius 1 is 1.18 bits per heavy atom. The van der Waals surface area contributed by atoms with Gasteiger partial charge in [0.1, 0.15) is 17.7 Å². The number of nitrogens with one attached hydrogen (secondary N) is 1. The van der Waals surface area contributed by atoms with Gasteiger partial charge in [-0.1, -0.05) is 20.8 Å². The summed E-state index contributed by atoms with van der Waals surface area (Å²) in [5.74, 6) is -0.724. The molecular weight excluding hydrogens is 380 g/mol. The smallest absolute Gasteiger partial charge is 0.407 e. The van der Waals surface area contributed by atoms with E-state index in [2.05, 4.69) is 39.2 Å². The molecule has 0 aromatic heterocycles. The second-order valence-corrected chi connectivity index (χ2v) is 14.4. The van der Waals surface area contributed by atoms with Gasteiger partial charge in [-0.3, -0.25) is 4.79 Å². The quantitative estimate of drug-likeness (QED) is 0.528. The van der Waals surface area contributed by atoms with Gasteiger partial charge in [0.25, 0.3) is 5.91 Å². The Morgan fingerprint density at radius 3 is 2.21 bits per heavy atom. The highest BCUT2D eigenvalue weighted by Crippen LogP contribution is 2.39. The minimum Gasteiger partial charge on any atom is -0.467 e. The van der Waals surface area contributed by atoms with Crippen LogP contribution in [0.3, 0.4) is 0 Å². The van der Waals surface area contributed by atoms with Crippen LogP contribution in [-0.2, 0) is 23.5 Å². The Balaban J connectivity index is 2.81. The summed E-state index contributed by atoms with van der Waals surface area (Å²) in [7, 11) is -0.884. The molecule has 1 aliphatic rings. The van der Waals surface area contributed by atoms with Crippen LogP contribution in [0.15, 0.2) is 0 Å². The van der Waals surface area contributed by atoms with Crippen LogP contribution in [0.1, 0.15) is 48.0 Å². The Morgan fingerprint density at radius 2 is 1.75 bits per heavy atom. The van der Waals surface area contributed by atoms with E-state index in [4.69, 9.17) is 13.9 Å². The Hall–Kier alpha value is -1.61. The summed E-state index contributed by atoms with van der Waals surface area (Å²) in [5, 5.41) is 2.56. The molecule has 0 radical (unpaired) electrons. The summed E-state index contributed by atoms with van der Waals surface area (Å²) in [6.45, 7) is 16.1. The fraction of sp³-hybridized carbons (Fsp3) is 0.842. The molecule has 0 aliphatic carbocycles. The Bertz CT molecular complexity index is 594. The topological polar surface area (TPSA) is 94.2 Å². The third kappa shape index (κ3) is 6.48. The Kier molecular flexibility index (Phi) is 7.69. The lowest BCUT2D eigenvalue weighted by Crippen LogP contribution is -2.47. The summed E-state index contributed by atoms with van der Waals surface area (Å²) in [5.41, 5.74) is -0.607. The lowest BCUT2D eigenvalue weighted by molar-refractivity contribution is -0.149. The summed E-state index contributed by atoms with van der Waals surface area (Å²) in [6, 6.07) is -0.715. The van der Waals surface area contributed by atoms with Gasteiger partial charge in [-0.15, -0.1) is 0 Å². The lowest BCUT2D eigenvalue weighted by atomic mass is 10.2. The first-order valence-electron chi connectivity index (χ1n) is 9.62. The lowest BCUT2D eigenvalue weighted by Gasteiger charge is -2.37. The molecule has 1 aliphatic heterocycles. The van der Waals surface area contributed by atoms with E-state index >= 15 is 0 Å². The van der Waals surface area contributed by atoms with Crippen molar-refractivity contribution in [2.45, 2.75) is 83.8 Å². The first kappa shape index (κ1) is 24.4. The number of hydrogen-bond acceptors (Lipinski definition) is 6. The van der Waals surface area contributed by atoms with Crippen LogP contribution in [0.2, 0.25) is 18.1 Å². The van der Waals surface area contributed by atoms with Crippen molar-refractivity contribution in [2.75, 3.05) is 20.2 Å². The largest absolute Gasteiger partial charge is 0.467 e. The summed E-state index contributed by atoms with van der Waals surface area (Å²) in [6.07, 6.45) is -0.987. The number of alkyl carbamates (subject to hydrolysis) is 1. The molecule has 9 heteroatoms. The van der Waals surface area contributed by atoms with Crippen LogP contribution in [0, 0.1) is 0 Å². The van der Waals surface area contributed by atoms with Gasteiger partial charge in [-0.25, -0.2) is 9.59 Å². The van der Waals surface area contributed by atoms with E-state index in [1.54, 1.807) is 20.8 Å². The molecule has 0 unspecified atom stereocenters. The van der Waals surface area contributed by atoms with E-state index in [0.29, 0.717) is 0 Å². The van der Waals surface area contributed by atoms with Crippen LogP contribution in [0.4, 0.5) is 4.79 Å². The Labute approximate surface area is 169 Å². The van der Waals surface area contributed by atoms with Crippen molar-refractivity contribution in [3.05, 3.63) is 0 Å². The molecule has 28 heavy (non-hydrogen) atoms. The van der Waals surface area contributed by atoms with Gasteiger partial charge >= 0.3 is 12.1 Å². The van der Waals surface area contributed by atoms with E-state index in [-0.39, 0.29) is 30.5 Å². The second kappa shape index (κ2) is 8.81. The van der Waals surface area contributed by atoms with Crippen molar-refractivity contribution in [3.8, 4) is 0 Å². The molecule has 162 valence electrons. The molecule has 1 fully saturated rings. The van der Waals surface area contributed by atoms with Crippen molar-refractivity contribution in [3.63, 3.8) is 0 Å². The summed E-state index contributed by atoms with van der Waals surface area (Å²) in [4.78, 5) is 38.3. The molecule has 1 N–H and O–H groups in total. The minimum absolute atomic E-state index is 0.0558. The van der Waals surface area contributed by atoms with Crippen molar-refractivity contribution in [2.24, 2.45) is 0 Å². The van der Waals surface area contributed by atoms with Gasteiger partial charge in [0.15, 0.2) is 8.32 Å². The second-order valence-electron chi connectivity index (χ2n) is 9.60. The zero-order valence-corrected chi connectivity index (χ0v) is 19.7. The van der Waals surface area contributed by atoms with E-state index < -0.39 is 38.1 Å². The fourth-order valence-electron chi connectivity index (χ4n) is 2.62. The first-order valence-corrected chi connectivity index (χ1v) is 12.5. The van der Waals surface area contributed by atoms with Crippen molar-refractivity contribution >= 4 is 26.3 Å². The molecule has 0 spiro atoms. The summed E-state index contributed by atoms with van der Waals surface area (Å²) >= 11 is 0. The van der Waals surface area contributed by atoms with Crippen LogP contribution >= 0.6 is 0 Å². The molecule has 1 heterocycles. The minimum atomic E-state index is -2.18. The molecule has 1 saturated heterocycles. The maximum absolute atomic E-state index is 12.9. The van der Waals surface area contributed by atoms with Gasteiger partial charge < -0.3 is 24.1 Å². The first-order chi connectivity index (χ1) is 12.6. The van der Waals surface area contributed by atoms with Crippen molar-refractivity contribution in [1.29, 1.82) is 0 Å². The molecular formula is C19H36N2O6Si. The molecule has 1 rings (SSSR count). The zero-order chi connectivity index (χ0) is 21.9. The third-order valence-electron chi connectivity index (χ3n) is 5.11. The van der Waals surface area contributed by atoms with E-state index in [0.717, 1.165) is 0 Å². The van der Waals surface area contributed by atoms with E-state index in [9.17, 15) is 14.4 Å². The van der Waals surface area contributed by atoms with E-state index in [1.165, 1.54) is 12.0 Å². The highest BCUT2D eigenvalue weighted by Gasteiger charge is 2.48. The van der Waals surface area contributed by atoms with Gasteiger partial charge in [-0.05, 0) is 38.9 Å². The number of nitrogens with zero attached hydrogens (tertiary/aromatic N) is 1. The summed E-state index contributed by atoms with van der Waals surface area (Å²) < 4.78 is 16.3. The number of esters is 1. The van der Waals surface area contributed by atoms with Crippen molar-refractivity contribution < 1.29 is 28.3 Å². The van der Waals surface area contributed by atoms with Crippen LogP contribution in [0.25, 0.3) is 0 Å². The number of carbonyl (C=O) groups is 3. The molecule has 0 saturated carbocycles. The maximum atomic E-state index is 12.9. The number of likely N-dealkylation sites (tertiary alicyclic amines) is 1. The number of hydrogen-bond donors (Lipinski definition) is 1. The van der Waals surface area contributed by atoms with Gasteiger partial charge in [0.2, 0.25) is 0 Å². The normalized spacial score (nSPS) is 20.9. The van der Waals surface area contributed by atoms with Crippen LogP contribution in [0.5, 0.6) is 0 Å². The highest BCUT2D eigenvalue weighted by molar-refractivity contribution is 6.74. The standard InChI is InChI=1S/C19H36N2O6Si/c1-18(2,3)26-17(24)20-10-11-21-13(16(23)25-7)12-14(15(21)22)27-28(8,9)19(4,5)6/h13-14H,10-12H2,1-9H3,(H,20,24)/t13-,14+/m0/s1. The SMILES string of the molecule is COC(=O)[C@@H]1C[C@@H](O[Si](C)(C)C(C)(C)C)C(=O)N1CCNC(=O)OC(C)(C)C. The van der Waals surface area contributed by atoms with Crippen molar-refractivity contribution in [1.82, 2.24) is 10.2 Å². The fourth-order valence-corrected chi connectivity index (χ4v) is 3.88. The molecule has 8 nitrogen and oxygen atoms in total. The molecule has 0 aromatic carbocycles. The van der Waals surface area contributed by atoms with Crippen LogP contribution in [-0.4, -0.2) is 69.1 Å². The zero-order valence-electron chi connectivity index (χ0n) is 18.7. The molecule has 2 atom stereocenters. The predicted molar refractivity (Wildman–Crippen MR) is 108 cm³/mol. The average molecular weight is 417 g/mol. The molecule has 0 bridgehead atoms. The van der Waals surface area contributed by atoms with E-state index in [1.807, 2.05) is 0 Å². The monoisotopic (exact) mass is 416 g/mol. The molecule has 0 aromatic rings. The number of ether oxygens (including phenoxy) is 2. The van der Waals surface area contributed by atoms with Gasteiger partial charge in [-0.2, -0.15) is 0 Å². The van der Waals surface area contributed by atoms with Gasteiger partial charge in [0.05, 0.1) is 7.11 Å². The van der Waals surface area contributed by atoms with Crippen LogP contribution < -0.4 is 5.32 Å². The predicted octanol–water partition coefficient (Wildman–Crippen LogP) is 2.68.